The fourth-order valence-corrected chi connectivity index (χ4v) is 2.56. The van der Waals surface area contributed by atoms with Gasteiger partial charge in [0, 0.05) is 16.1 Å². The van der Waals surface area contributed by atoms with Crippen molar-refractivity contribution in [2.24, 2.45) is 0 Å². The van der Waals surface area contributed by atoms with Crippen LogP contribution in [0.2, 0.25) is 0 Å². The lowest BCUT2D eigenvalue weighted by atomic mass is 10.3. The van der Waals surface area contributed by atoms with E-state index in [9.17, 15) is 4.79 Å². The molecule has 0 radical (unpaired) electrons. The molecule has 6 heteroatoms. The average Bonchev–Trinajstić information content (AvgIpc) is 2.66. The van der Waals surface area contributed by atoms with E-state index in [1.54, 1.807) is 6.20 Å². The summed E-state index contributed by atoms with van der Waals surface area (Å²) in [7, 11) is 0. The monoisotopic (exact) mass is 287 g/mol. The minimum absolute atomic E-state index is 0.366. The zero-order valence-corrected chi connectivity index (χ0v) is 9.84. The van der Waals surface area contributed by atoms with Gasteiger partial charge in [-0.2, -0.15) is 0 Å². The molecular weight excluding hydrogens is 282 g/mol. The molecule has 0 aliphatic heterocycles. The summed E-state index contributed by atoms with van der Waals surface area (Å²) >= 11 is 4.83. The smallest absolute Gasteiger partial charge is 0.341 e. The Morgan fingerprint density at radius 1 is 1.67 bits per heavy atom. The van der Waals surface area contributed by atoms with Crippen molar-refractivity contribution in [1.82, 2.24) is 4.98 Å². The van der Waals surface area contributed by atoms with E-state index in [4.69, 9.17) is 9.84 Å². The van der Waals surface area contributed by atoms with Crippen molar-refractivity contribution in [3.63, 3.8) is 0 Å². The van der Waals surface area contributed by atoms with Crippen molar-refractivity contribution in [1.29, 1.82) is 0 Å². The fourth-order valence-electron chi connectivity index (χ4n) is 1.14. The van der Waals surface area contributed by atoms with E-state index in [2.05, 4.69) is 20.9 Å². The molecule has 4 nitrogen and oxygen atoms in total. The van der Waals surface area contributed by atoms with Gasteiger partial charge < -0.3 is 9.84 Å². The number of aliphatic carboxylic acids is 1. The van der Waals surface area contributed by atoms with Crippen LogP contribution in [0.3, 0.4) is 0 Å². The van der Waals surface area contributed by atoms with Crippen molar-refractivity contribution in [2.45, 2.75) is 0 Å². The maximum absolute atomic E-state index is 10.4. The Labute approximate surface area is 97.6 Å². The highest BCUT2D eigenvalue weighted by Gasteiger charge is 2.09. The number of fused-ring (bicyclic) bond motifs is 1. The molecular formula is C9H6BrNO3S. The van der Waals surface area contributed by atoms with Gasteiger partial charge in [0.1, 0.15) is 0 Å². The molecule has 0 amide bonds. The molecule has 1 N–H and O–H groups in total. The SMILES string of the molecule is O=C(O)COc1ncc(Br)c2ccsc12. The van der Waals surface area contributed by atoms with Gasteiger partial charge >= 0.3 is 5.97 Å². The lowest BCUT2D eigenvalue weighted by molar-refractivity contribution is -0.139. The van der Waals surface area contributed by atoms with Gasteiger partial charge in [-0.25, -0.2) is 9.78 Å². The Morgan fingerprint density at radius 2 is 2.47 bits per heavy atom. The zero-order chi connectivity index (χ0) is 10.8. The van der Waals surface area contributed by atoms with Gasteiger partial charge in [-0.1, -0.05) is 0 Å². The molecule has 0 aliphatic carbocycles. The maximum Gasteiger partial charge on any atom is 0.341 e. The first kappa shape index (κ1) is 10.4. The average molecular weight is 288 g/mol. The number of nitrogens with zero attached hydrogens (tertiary/aromatic N) is 1. The molecule has 0 aliphatic rings. The number of ether oxygens (including phenoxy) is 1. The predicted molar refractivity (Wildman–Crippen MR) is 60.5 cm³/mol. The molecule has 0 aromatic carbocycles. The van der Waals surface area contributed by atoms with Crippen LogP contribution in [0.4, 0.5) is 0 Å². The molecule has 15 heavy (non-hydrogen) atoms. The normalized spacial score (nSPS) is 10.5. The first-order chi connectivity index (χ1) is 7.18. The fraction of sp³-hybridized carbons (Fsp3) is 0.111. The Morgan fingerprint density at radius 3 is 3.20 bits per heavy atom. The zero-order valence-electron chi connectivity index (χ0n) is 7.44. The van der Waals surface area contributed by atoms with Gasteiger partial charge in [0.15, 0.2) is 6.61 Å². The number of hydrogen-bond acceptors (Lipinski definition) is 4. The minimum atomic E-state index is -1.01. The second kappa shape index (κ2) is 4.16. The number of thiophene rings is 1. The van der Waals surface area contributed by atoms with Crippen molar-refractivity contribution < 1.29 is 14.6 Å². The highest BCUT2D eigenvalue weighted by atomic mass is 79.9. The van der Waals surface area contributed by atoms with Gasteiger partial charge in [0.05, 0.1) is 4.70 Å². The summed E-state index contributed by atoms with van der Waals surface area (Å²) in [6.45, 7) is -0.373. The minimum Gasteiger partial charge on any atom is -0.479 e. The van der Waals surface area contributed by atoms with E-state index < -0.39 is 5.97 Å². The van der Waals surface area contributed by atoms with Crippen LogP contribution < -0.4 is 4.74 Å². The van der Waals surface area contributed by atoms with Crippen molar-refractivity contribution >= 4 is 43.3 Å². The van der Waals surface area contributed by atoms with Crippen LogP contribution in [0.15, 0.2) is 22.1 Å². The van der Waals surface area contributed by atoms with Crippen LogP contribution in [0.1, 0.15) is 0 Å². The third-order valence-corrected chi connectivity index (χ3v) is 3.28. The topological polar surface area (TPSA) is 59.4 Å². The van der Waals surface area contributed by atoms with Gasteiger partial charge in [-0.3, -0.25) is 0 Å². The molecule has 0 unspecified atom stereocenters. The Hall–Kier alpha value is -1.14. The molecule has 0 spiro atoms. The first-order valence-electron chi connectivity index (χ1n) is 4.05. The first-order valence-corrected chi connectivity index (χ1v) is 5.72. The van der Waals surface area contributed by atoms with Crippen LogP contribution in [-0.2, 0) is 4.79 Å². The van der Waals surface area contributed by atoms with Gasteiger partial charge in [-0.05, 0) is 27.4 Å². The summed E-state index contributed by atoms with van der Waals surface area (Å²) in [5.74, 6) is -0.643. The quantitative estimate of drug-likeness (QED) is 0.942. The lowest BCUT2D eigenvalue weighted by Crippen LogP contribution is -2.10. The van der Waals surface area contributed by atoms with Crippen molar-refractivity contribution in [3.05, 3.63) is 22.1 Å². The van der Waals surface area contributed by atoms with Crippen LogP contribution in [0, 0.1) is 0 Å². The Kier molecular flexibility index (Phi) is 2.88. The second-order valence-corrected chi connectivity index (χ2v) is 4.53. The van der Waals surface area contributed by atoms with Gasteiger partial charge in [-0.15, -0.1) is 11.3 Å². The molecule has 2 aromatic heterocycles. The number of hydrogen-bond donors (Lipinski definition) is 1. The lowest BCUT2D eigenvalue weighted by Gasteiger charge is -2.03. The van der Waals surface area contributed by atoms with Crippen molar-refractivity contribution in [3.8, 4) is 5.88 Å². The Bertz CT molecular complexity index is 511. The second-order valence-electron chi connectivity index (χ2n) is 2.76. The summed E-state index contributed by atoms with van der Waals surface area (Å²) < 4.78 is 6.80. The van der Waals surface area contributed by atoms with Gasteiger partial charge in [0.2, 0.25) is 5.88 Å². The van der Waals surface area contributed by atoms with E-state index in [1.165, 1.54) is 11.3 Å². The number of carboxylic acids is 1. The van der Waals surface area contributed by atoms with E-state index in [0.717, 1.165) is 14.6 Å². The molecule has 2 rings (SSSR count). The van der Waals surface area contributed by atoms with E-state index >= 15 is 0 Å². The predicted octanol–water partition coefficient (Wildman–Crippen LogP) is 2.52. The highest BCUT2D eigenvalue weighted by molar-refractivity contribution is 9.10. The summed E-state index contributed by atoms with van der Waals surface area (Å²) in [5, 5.41) is 11.4. The summed E-state index contributed by atoms with van der Waals surface area (Å²) in [4.78, 5) is 14.4. The molecule has 0 fully saturated rings. The van der Waals surface area contributed by atoms with Crippen LogP contribution >= 0.6 is 27.3 Å². The molecule has 0 saturated heterocycles. The van der Waals surface area contributed by atoms with E-state index in [-0.39, 0.29) is 6.61 Å². The van der Waals surface area contributed by atoms with Crippen LogP contribution in [-0.4, -0.2) is 22.7 Å². The molecule has 0 saturated carbocycles. The molecule has 2 aromatic rings. The third-order valence-electron chi connectivity index (χ3n) is 1.74. The molecule has 0 atom stereocenters. The van der Waals surface area contributed by atoms with Crippen molar-refractivity contribution in [2.75, 3.05) is 6.61 Å². The standard InChI is InChI=1S/C9H6BrNO3S/c10-6-3-11-9(14-4-7(12)13)8-5(6)1-2-15-8/h1-3H,4H2,(H,12,13). The molecule has 0 bridgehead atoms. The third kappa shape index (κ3) is 2.10. The number of rotatable bonds is 3. The number of halogens is 1. The van der Waals surface area contributed by atoms with E-state index in [1.807, 2.05) is 11.4 Å². The Balaban J connectivity index is 2.39. The number of pyridine rings is 1. The maximum atomic E-state index is 10.4. The molecule has 78 valence electrons. The van der Waals surface area contributed by atoms with Crippen LogP contribution in [0.5, 0.6) is 5.88 Å². The highest BCUT2D eigenvalue weighted by Crippen LogP contribution is 2.33. The molecule has 2 heterocycles. The summed E-state index contributed by atoms with van der Waals surface area (Å²) in [5.41, 5.74) is 0. The number of aromatic nitrogens is 1. The number of carbonyl (C=O) groups is 1. The number of carboxylic acid groups (broad SMARTS) is 1. The van der Waals surface area contributed by atoms with E-state index in [0.29, 0.717) is 5.88 Å². The summed E-state index contributed by atoms with van der Waals surface area (Å²) in [6.07, 6.45) is 1.60. The van der Waals surface area contributed by atoms with Crippen LogP contribution in [0.25, 0.3) is 10.1 Å². The largest absolute Gasteiger partial charge is 0.479 e. The van der Waals surface area contributed by atoms with Gasteiger partial charge in [0.25, 0.3) is 0 Å². The summed E-state index contributed by atoms with van der Waals surface area (Å²) in [6, 6.07) is 1.93.